The highest BCUT2D eigenvalue weighted by Gasteiger charge is 2.19. The van der Waals surface area contributed by atoms with Gasteiger partial charge in [0.25, 0.3) is 0 Å². The van der Waals surface area contributed by atoms with Crippen LogP contribution in [0.25, 0.3) is 0 Å². The summed E-state index contributed by atoms with van der Waals surface area (Å²) in [4.78, 5) is 16.7. The van der Waals surface area contributed by atoms with Gasteiger partial charge in [-0.05, 0) is 48.9 Å². The van der Waals surface area contributed by atoms with Crippen molar-refractivity contribution in [1.82, 2.24) is 4.90 Å². The van der Waals surface area contributed by atoms with Crippen molar-refractivity contribution in [1.29, 1.82) is 0 Å². The number of hydrogen-bond donors (Lipinski definition) is 2. The third kappa shape index (κ3) is 4.26. The van der Waals surface area contributed by atoms with Gasteiger partial charge >= 0.3 is 0 Å². The van der Waals surface area contributed by atoms with E-state index < -0.39 is 0 Å². The van der Waals surface area contributed by atoms with E-state index in [1.807, 2.05) is 12.1 Å². The van der Waals surface area contributed by atoms with E-state index in [0.29, 0.717) is 12.2 Å². The number of carbonyl (C=O) groups is 1. The molecule has 24 heavy (non-hydrogen) atoms. The van der Waals surface area contributed by atoms with Crippen LogP contribution in [0, 0.1) is 6.92 Å². The zero-order chi connectivity index (χ0) is 16.9. The number of nitrogens with zero attached hydrogens (tertiary/aromatic N) is 2. The van der Waals surface area contributed by atoms with E-state index in [1.54, 1.807) is 12.1 Å². The third-order valence-electron chi connectivity index (χ3n) is 4.30. The van der Waals surface area contributed by atoms with Crippen molar-refractivity contribution < 1.29 is 4.79 Å². The van der Waals surface area contributed by atoms with E-state index in [4.69, 9.17) is 5.73 Å². The summed E-state index contributed by atoms with van der Waals surface area (Å²) in [7, 11) is 0. The highest BCUT2D eigenvalue weighted by molar-refractivity contribution is 5.92. The van der Waals surface area contributed by atoms with Gasteiger partial charge in [-0.2, -0.15) is 0 Å². The molecule has 1 amide bonds. The van der Waals surface area contributed by atoms with Crippen molar-refractivity contribution in [3.63, 3.8) is 0 Å². The molecule has 2 aromatic rings. The molecule has 0 atom stereocenters. The minimum Gasteiger partial charge on any atom is -0.399 e. The number of anilines is 3. The number of piperazine rings is 1. The second-order valence-electron chi connectivity index (χ2n) is 6.27. The van der Waals surface area contributed by atoms with E-state index in [1.165, 1.54) is 11.3 Å². The first kappa shape index (κ1) is 16.3. The van der Waals surface area contributed by atoms with E-state index in [9.17, 15) is 4.79 Å². The number of carbonyl (C=O) groups excluding carboxylic acids is 1. The van der Waals surface area contributed by atoms with Gasteiger partial charge < -0.3 is 16.0 Å². The summed E-state index contributed by atoms with van der Waals surface area (Å²) in [6.07, 6.45) is 0. The summed E-state index contributed by atoms with van der Waals surface area (Å²) >= 11 is 0. The average Bonchev–Trinajstić information content (AvgIpc) is 2.58. The number of nitrogens with one attached hydrogen (secondary N) is 1. The maximum atomic E-state index is 12.2. The second-order valence-corrected chi connectivity index (χ2v) is 6.27. The van der Waals surface area contributed by atoms with Gasteiger partial charge in [-0.15, -0.1) is 0 Å². The van der Waals surface area contributed by atoms with Gasteiger partial charge in [-0.25, -0.2) is 0 Å². The molecule has 5 nitrogen and oxygen atoms in total. The molecule has 1 saturated heterocycles. The zero-order valence-electron chi connectivity index (χ0n) is 14.0. The van der Waals surface area contributed by atoms with Crippen LogP contribution in [-0.2, 0) is 4.79 Å². The molecule has 1 aliphatic heterocycles. The Morgan fingerprint density at radius 2 is 1.79 bits per heavy atom. The molecule has 3 rings (SSSR count). The largest absolute Gasteiger partial charge is 0.399 e. The fraction of sp³-hybridized carbons (Fsp3) is 0.316. The van der Waals surface area contributed by atoms with E-state index in [0.717, 1.165) is 31.9 Å². The predicted molar refractivity (Wildman–Crippen MR) is 99.3 cm³/mol. The summed E-state index contributed by atoms with van der Waals surface area (Å²) in [5.41, 5.74) is 9.67. The van der Waals surface area contributed by atoms with Gasteiger partial charge in [0.15, 0.2) is 0 Å². The Morgan fingerprint density at radius 3 is 2.46 bits per heavy atom. The van der Waals surface area contributed by atoms with E-state index in [-0.39, 0.29) is 5.91 Å². The Kier molecular flexibility index (Phi) is 5.01. The highest BCUT2D eigenvalue weighted by Crippen LogP contribution is 2.18. The van der Waals surface area contributed by atoms with Gasteiger partial charge in [0, 0.05) is 43.2 Å². The smallest absolute Gasteiger partial charge is 0.238 e. The van der Waals surface area contributed by atoms with Crippen LogP contribution in [0.15, 0.2) is 48.5 Å². The molecule has 0 aromatic heterocycles. The van der Waals surface area contributed by atoms with Crippen LogP contribution >= 0.6 is 0 Å². The lowest BCUT2D eigenvalue weighted by Gasteiger charge is -2.35. The fourth-order valence-corrected chi connectivity index (χ4v) is 2.96. The molecule has 0 saturated carbocycles. The summed E-state index contributed by atoms with van der Waals surface area (Å²) < 4.78 is 0. The quantitative estimate of drug-likeness (QED) is 0.848. The van der Waals surface area contributed by atoms with Gasteiger partial charge in [0.1, 0.15) is 0 Å². The van der Waals surface area contributed by atoms with Crippen molar-refractivity contribution in [2.75, 3.05) is 48.7 Å². The van der Waals surface area contributed by atoms with Crippen molar-refractivity contribution in [2.24, 2.45) is 0 Å². The summed E-state index contributed by atoms with van der Waals surface area (Å²) in [5.74, 6) is 0.0174. The molecule has 2 aromatic carbocycles. The van der Waals surface area contributed by atoms with Gasteiger partial charge in [0.05, 0.1) is 6.54 Å². The number of rotatable bonds is 4. The first-order valence-electron chi connectivity index (χ1n) is 8.29. The standard InChI is InChI=1S/C19H24N4O/c1-15-3-2-4-18(13-15)23-11-9-22(10-12-23)14-19(24)21-17-7-5-16(20)6-8-17/h2-8,13H,9-12,14,20H2,1H3,(H,21,24). The maximum Gasteiger partial charge on any atom is 0.238 e. The maximum absolute atomic E-state index is 12.2. The van der Waals surface area contributed by atoms with Crippen LogP contribution in [-0.4, -0.2) is 43.5 Å². The topological polar surface area (TPSA) is 61.6 Å². The predicted octanol–water partition coefficient (Wildman–Crippen LogP) is 2.34. The van der Waals surface area contributed by atoms with E-state index >= 15 is 0 Å². The second kappa shape index (κ2) is 7.36. The summed E-state index contributed by atoms with van der Waals surface area (Å²) in [5, 5.41) is 2.92. The van der Waals surface area contributed by atoms with Crippen LogP contribution in [0.3, 0.4) is 0 Å². The molecule has 3 N–H and O–H groups in total. The average molecular weight is 324 g/mol. The monoisotopic (exact) mass is 324 g/mol. The van der Waals surface area contributed by atoms with E-state index in [2.05, 4.69) is 46.3 Å². The van der Waals surface area contributed by atoms with Gasteiger partial charge in [-0.1, -0.05) is 12.1 Å². The normalized spacial score (nSPS) is 15.3. The van der Waals surface area contributed by atoms with Gasteiger partial charge in [0.2, 0.25) is 5.91 Å². The van der Waals surface area contributed by atoms with Crippen LogP contribution in [0.4, 0.5) is 17.1 Å². The molecule has 1 fully saturated rings. The van der Waals surface area contributed by atoms with Gasteiger partial charge in [-0.3, -0.25) is 9.69 Å². The molecule has 126 valence electrons. The zero-order valence-corrected chi connectivity index (χ0v) is 14.0. The molecule has 1 heterocycles. The first-order chi connectivity index (χ1) is 11.6. The fourth-order valence-electron chi connectivity index (χ4n) is 2.96. The van der Waals surface area contributed by atoms with Crippen LogP contribution in [0.2, 0.25) is 0 Å². The Labute approximate surface area is 143 Å². The molecular formula is C19H24N4O. The number of amides is 1. The summed E-state index contributed by atoms with van der Waals surface area (Å²) in [6, 6.07) is 15.8. The van der Waals surface area contributed by atoms with Crippen molar-refractivity contribution >= 4 is 23.0 Å². The first-order valence-corrected chi connectivity index (χ1v) is 8.29. The molecule has 0 radical (unpaired) electrons. The number of aryl methyl sites for hydroxylation is 1. The molecule has 1 aliphatic rings. The van der Waals surface area contributed by atoms with Crippen molar-refractivity contribution in [3.8, 4) is 0 Å². The minimum atomic E-state index is 0.0174. The third-order valence-corrected chi connectivity index (χ3v) is 4.30. The molecule has 0 aliphatic carbocycles. The Balaban J connectivity index is 1.48. The highest BCUT2D eigenvalue weighted by atomic mass is 16.2. The Bertz CT molecular complexity index is 691. The van der Waals surface area contributed by atoms with Crippen molar-refractivity contribution in [3.05, 3.63) is 54.1 Å². The Morgan fingerprint density at radius 1 is 1.08 bits per heavy atom. The molecule has 0 unspecified atom stereocenters. The SMILES string of the molecule is Cc1cccc(N2CCN(CC(=O)Nc3ccc(N)cc3)CC2)c1. The lowest BCUT2D eigenvalue weighted by molar-refractivity contribution is -0.117. The molecule has 5 heteroatoms. The minimum absolute atomic E-state index is 0.0174. The lowest BCUT2D eigenvalue weighted by atomic mass is 10.2. The van der Waals surface area contributed by atoms with Crippen molar-refractivity contribution in [2.45, 2.75) is 6.92 Å². The molecular weight excluding hydrogens is 300 g/mol. The number of benzene rings is 2. The molecule has 0 bridgehead atoms. The number of nitrogens with two attached hydrogens (primary N) is 1. The number of nitrogen functional groups attached to an aromatic ring is 1. The van der Waals surface area contributed by atoms with Crippen LogP contribution < -0.4 is 16.0 Å². The lowest BCUT2D eigenvalue weighted by Crippen LogP contribution is -2.48. The van der Waals surface area contributed by atoms with Crippen LogP contribution in [0.5, 0.6) is 0 Å². The van der Waals surface area contributed by atoms with Crippen LogP contribution in [0.1, 0.15) is 5.56 Å². The summed E-state index contributed by atoms with van der Waals surface area (Å²) in [6.45, 7) is 6.21. The Hall–Kier alpha value is -2.53. The molecule has 0 spiro atoms. The number of hydrogen-bond acceptors (Lipinski definition) is 4.